The van der Waals surface area contributed by atoms with Gasteiger partial charge in [-0.15, -0.1) is 12.1 Å². The van der Waals surface area contributed by atoms with Crippen LogP contribution in [0, 0.1) is 6.92 Å². The quantitative estimate of drug-likeness (QED) is 0.490. The number of hydrogen-bond acceptors (Lipinski definition) is 2. The van der Waals surface area contributed by atoms with Crippen molar-refractivity contribution >= 4 is 0 Å². The third-order valence-electron chi connectivity index (χ3n) is 1.41. The molecule has 0 aliphatic heterocycles. The third-order valence-corrected chi connectivity index (χ3v) is 1.41. The summed E-state index contributed by atoms with van der Waals surface area (Å²) in [5, 5.41) is 0. The Balaban J connectivity index is 0. The summed E-state index contributed by atoms with van der Waals surface area (Å²) < 4.78 is 10.0. The topological polar surface area (TPSA) is 18.5 Å². The molecule has 2 nitrogen and oxygen atoms in total. The monoisotopic (exact) mass is 250 g/mol. The first kappa shape index (κ1) is 15.1. The Bertz CT molecular complexity index is 231. The van der Waals surface area contributed by atoms with Crippen LogP contribution in [0.1, 0.15) is 5.56 Å². The van der Waals surface area contributed by atoms with E-state index < -0.39 is 0 Å². The van der Waals surface area contributed by atoms with E-state index in [0.717, 1.165) is 17.1 Å². The van der Waals surface area contributed by atoms with E-state index in [9.17, 15) is 0 Å². The second-order valence-electron chi connectivity index (χ2n) is 2.22. The molecule has 0 saturated carbocycles. The normalized spacial score (nSPS) is 7.85. The van der Waals surface area contributed by atoms with E-state index in [1.54, 1.807) is 14.2 Å². The molecule has 0 aliphatic carbocycles. The third kappa shape index (κ3) is 4.40. The molecule has 1 rings (SSSR count). The Hall–Kier alpha value is -0.397. The summed E-state index contributed by atoms with van der Waals surface area (Å²) in [5.41, 5.74) is 0.890. The molecule has 4 heteroatoms. The summed E-state index contributed by atoms with van der Waals surface area (Å²) in [7, 11) is 3.24. The smallest absolute Gasteiger partial charge is 1.00 e. The summed E-state index contributed by atoms with van der Waals surface area (Å²) in [6.07, 6.45) is 0. The molecule has 0 heterocycles. The molecule has 0 aliphatic rings. The van der Waals surface area contributed by atoms with Crippen LogP contribution in [0.5, 0.6) is 11.5 Å². The largest absolute Gasteiger partial charge is 2.00 e. The van der Waals surface area contributed by atoms with Gasteiger partial charge in [0.05, 0.1) is 25.7 Å². The Labute approximate surface area is 97.8 Å². The first-order valence-electron chi connectivity index (χ1n) is 3.31. The molecule has 0 aromatic heterocycles. The summed E-state index contributed by atoms with van der Waals surface area (Å²) in [6, 6.07) is 5.51. The van der Waals surface area contributed by atoms with E-state index in [-0.39, 0.29) is 31.9 Å². The standard InChI is InChI=1S/C9H11O2.ClH.Zn/c1-7-4-8(10-2)6-9(5-7)11-3;;/h4-6H,1H2,2-3H3;1H;/q-1;;+2/p-1. The van der Waals surface area contributed by atoms with Crippen LogP contribution < -0.4 is 21.9 Å². The number of benzene rings is 1. The summed E-state index contributed by atoms with van der Waals surface area (Å²) in [4.78, 5) is 0. The van der Waals surface area contributed by atoms with Crippen LogP contribution in [0.4, 0.5) is 0 Å². The van der Waals surface area contributed by atoms with Crippen LogP contribution in [-0.2, 0) is 19.5 Å². The van der Waals surface area contributed by atoms with Crippen molar-refractivity contribution in [1.82, 2.24) is 0 Å². The molecule has 0 saturated heterocycles. The van der Waals surface area contributed by atoms with E-state index in [2.05, 4.69) is 6.92 Å². The second-order valence-corrected chi connectivity index (χ2v) is 2.22. The van der Waals surface area contributed by atoms with E-state index in [0.29, 0.717) is 0 Å². The molecule has 13 heavy (non-hydrogen) atoms. The van der Waals surface area contributed by atoms with Crippen molar-refractivity contribution < 1.29 is 41.4 Å². The molecule has 68 valence electrons. The number of hydrogen-bond donors (Lipinski definition) is 0. The van der Waals surface area contributed by atoms with Gasteiger partial charge >= 0.3 is 19.5 Å². The zero-order valence-electron chi connectivity index (χ0n) is 7.84. The molecule has 1 aromatic carbocycles. The SMILES string of the molecule is [CH2-]c1cc(OC)cc(OC)c1.[Cl-].[Zn+2]. The van der Waals surface area contributed by atoms with Crippen LogP contribution >= 0.6 is 0 Å². The Kier molecular flexibility index (Phi) is 8.18. The van der Waals surface area contributed by atoms with Crippen molar-refractivity contribution in [3.05, 3.63) is 30.7 Å². The number of methoxy groups -OCH3 is 2. The average Bonchev–Trinajstić information content (AvgIpc) is 2.03. The van der Waals surface area contributed by atoms with Gasteiger partial charge in [-0.3, -0.25) is 0 Å². The minimum atomic E-state index is 0. The van der Waals surface area contributed by atoms with Gasteiger partial charge in [-0.1, -0.05) is 0 Å². The molecule has 1 aromatic rings. The van der Waals surface area contributed by atoms with Gasteiger partial charge < -0.3 is 21.9 Å². The average molecular weight is 252 g/mol. The molecular formula is C9H11ClO2Zn. The maximum absolute atomic E-state index is 5.02. The fraction of sp³-hybridized carbons (Fsp3) is 0.222. The van der Waals surface area contributed by atoms with Crippen molar-refractivity contribution in [2.45, 2.75) is 0 Å². The molecule has 0 amide bonds. The Morgan fingerprint density at radius 2 is 1.38 bits per heavy atom. The van der Waals surface area contributed by atoms with Gasteiger partial charge in [0.1, 0.15) is 0 Å². The number of ether oxygens (including phenoxy) is 2. The summed E-state index contributed by atoms with van der Waals surface area (Å²) in [5.74, 6) is 1.55. The van der Waals surface area contributed by atoms with Crippen LogP contribution in [0.3, 0.4) is 0 Å². The maximum Gasteiger partial charge on any atom is 2.00 e. The van der Waals surface area contributed by atoms with E-state index in [1.165, 1.54) is 0 Å². The minimum Gasteiger partial charge on any atom is -1.00 e. The number of rotatable bonds is 2. The number of halogens is 1. The molecule has 0 radical (unpaired) electrons. The van der Waals surface area contributed by atoms with E-state index in [4.69, 9.17) is 9.47 Å². The predicted molar refractivity (Wildman–Crippen MR) is 44.0 cm³/mol. The summed E-state index contributed by atoms with van der Waals surface area (Å²) >= 11 is 0. The van der Waals surface area contributed by atoms with E-state index >= 15 is 0 Å². The zero-order chi connectivity index (χ0) is 8.27. The van der Waals surface area contributed by atoms with Crippen molar-refractivity contribution in [2.75, 3.05) is 14.2 Å². The Morgan fingerprint density at radius 1 is 1.00 bits per heavy atom. The molecule has 0 spiro atoms. The van der Waals surface area contributed by atoms with Crippen molar-refractivity contribution in [3.8, 4) is 11.5 Å². The van der Waals surface area contributed by atoms with Gasteiger partial charge in [0.2, 0.25) is 0 Å². The first-order valence-corrected chi connectivity index (χ1v) is 3.31. The van der Waals surface area contributed by atoms with Gasteiger partial charge in [-0.2, -0.15) is 12.5 Å². The van der Waals surface area contributed by atoms with Gasteiger partial charge in [-0.05, 0) is 6.07 Å². The minimum absolute atomic E-state index is 0. The zero-order valence-corrected chi connectivity index (χ0v) is 11.6. The van der Waals surface area contributed by atoms with Crippen molar-refractivity contribution in [3.63, 3.8) is 0 Å². The maximum atomic E-state index is 5.02. The van der Waals surface area contributed by atoms with Gasteiger partial charge in [0, 0.05) is 0 Å². The van der Waals surface area contributed by atoms with Crippen LogP contribution in [0.2, 0.25) is 0 Å². The fourth-order valence-electron chi connectivity index (χ4n) is 0.866. The van der Waals surface area contributed by atoms with Gasteiger partial charge in [0.25, 0.3) is 0 Å². The molecule has 0 unspecified atom stereocenters. The predicted octanol–water partition coefficient (Wildman–Crippen LogP) is -1.11. The van der Waals surface area contributed by atoms with Crippen molar-refractivity contribution in [1.29, 1.82) is 0 Å². The van der Waals surface area contributed by atoms with E-state index in [1.807, 2.05) is 18.2 Å². The van der Waals surface area contributed by atoms with Crippen LogP contribution in [0.15, 0.2) is 18.2 Å². The summed E-state index contributed by atoms with van der Waals surface area (Å²) in [6.45, 7) is 3.78. The van der Waals surface area contributed by atoms with Crippen LogP contribution in [0.25, 0.3) is 0 Å². The fourth-order valence-corrected chi connectivity index (χ4v) is 0.866. The molecule has 0 atom stereocenters. The van der Waals surface area contributed by atoms with Gasteiger partial charge in [0.15, 0.2) is 0 Å². The molecule has 0 fully saturated rings. The Morgan fingerprint density at radius 3 is 1.69 bits per heavy atom. The van der Waals surface area contributed by atoms with Crippen molar-refractivity contribution in [2.24, 2.45) is 0 Å². The van der Waals surface area contributed by atoms with Crippen LogP contribution in [-0.4, -0.2) is 14.2 Å². The second kappa shape index (κ2) is 7.05. The first-order chi connectivity index (χ1) is 5.26. The molecular weight excluding hydrogens is 241 g/mol. The molecule has 0 N–H and O–H groups in total. The van der Waals surface area contributed by atoms with Gasteiger partial charge in [-0.25, -0.2) is 0 Å². The molecule has 0 bridgehead atoms.